The highest BCUT2D eigenvalue weighted by atomic mass is 16.3. The summed E-state index contributed by atoms with van der Waals surface area (Å²) in [6.07, 6.45) is 0. The van der Waals surface area contributed by atoms with Crippen LogP contribution in [0.2, 0.25) is 0 Å². The number of nitrogens with zero attached hydrogens (tertiary/aromatic N) is 2. The van der Waals surface area contributed by atoms with E-state index in [4.69, 9.17) is 4.42 Å². The minimum absolute atomic E-state index is 0.104. The van der Waals surface area contributed by atoms with E-state index in [1.54, 1.807) is 0 Å². The van der Waals surface area contributed by atoms with Crippen LogP contribution in [0.3, 0.4) is 0 Å². The van der Waals surface area contributed by atoms with E-state index in [1.165, 1.54) is 60.5 Å². The molecule has 0 N–H and O–H groups in total. The van der Waals surface area contributed by atoms with Crippen LogP contribution in [0.5, 0.6) is 0 Å². The van der Waals surface area contributed by atoms with Crippen LogP contribution in [0.1, 0.15) is 25.0 Å². The van der Waals surface area contributed by atoms with Crippen molar-refractivity contribution in [1.29, 1.82) is 0 Å². The van der Waals surface area contributed by atoms with E-state index < -0.39 is 0 Å². The Hall–Kier alpha value is -6.06. The topological polar surface area (TPSA) is 23.0 Å². The lowest BCUT2D eigenvalue weighted by Gasteiger charge is -2.22. The molecule has 1 aliphatic carbocycles. The van der Waals surface area contributed by atoms with Crippen LogP contribution in [0.15, 0.2) is 150 Å². The van der Waals surface area contributed by atoms with Gasteiger partial charge in [0, 0.05) is 49.1 Å². The molecule has 3 nitrogen and oxygen atoms in total. The van der Waals surface area contributed by atoms with Crippen molar-refractivity contribution in [2.75, 3.05) is 0 Å². The largest absolute Gasteiger partial charge is 0.454 e. The Morgan fingerprint density at radius 1 is 0.458 bits per heavy atom. The van der Waals surface area contributed by atoms with Crippen LogP contribution >= 0.6 is 0 Å². The molecular formula is C45H30N2O. The molecule has 11 rings (SSSR count). The molecular weight excluding hydrogens is 585 g/mol. The van der Waals surface area contributed by atoms with E-state index in [2.05, 4.69) is 169 Å². The number of furan rings is 1. The van der Waals surface area contributed by atoms with Crippen molar-refractivity contribution in [2.45, 2.75) is 19.3 Å². The number of para-hydroxylation sites is 4. The third-order valence-corrected chi connectivity index (χ3v) is 10.9. The van der Waals surface area contributed by atoms with Crippen molar-refractivity contribution >= 4 is 65.6 Å². The Kier molecular flexibility index (Phi) is 4.91. The maximum absolute atomic E-state index is 6.92. The molecule has 0 saturated carbocycles. The molecule has 1 aliphatic rings. The summed E-state index contributed by atoms with van der Waals surface area (Å²) in [6.45, 7) is 4.72. The van der Waals surface area contributed by atoms with Crippen molar-refractivity contribution in [3.05, 3.63) is 157 Å². The maximum Gasteiger partial charge on any atom is 0.160 e. The first-order valence-corrected chi connectivity index (χ1v) is 16.7. The lowest BCUT2D eigenvalue weighted by Crippen LogP contribution is -2.15. The highest BCUT2D eigenvalue weighted by molar-refractivity contribution is 6.39. The van der Waals surface area contributed by atoms with Gasteiger partial charge >= 0.3 is 0 Å². The Balaban J connectivity index is 1.40. The predicted molar refractivity (Wildman–Crippen MR) is 200 cm³/mol. The van der Waals surface area contributed by atoms with Crippen molar-refractivity contribution in [3.8, 4) is 22.5 Å². The van der Waals surface area contributed by atoms with E-state index in [9.17, 15) is 0 Å². The van der Waals surface area contributed by atoms with Gasteiger partial charge in [0.2, 0.25) is 0 Å². The molecule has 10 aromatic rings. The van der Waals surface area contributed by atoms with Gasteiger partial charge in [-0.25, -0.2) is 0 Å². The van der Waals surface area contributed by atoms with Gasteiger partial charge in [0.05, 0.1) is 22.1 Å². The SMILES string of the molecule is CC1(C)c2ccccc2-c2ccc(-n3c4ccccc4c4c5c6ccccc6oc5c5c(c6ccccc6n5-c5ccccc5)c43)cc21. The predicted octanol–water partition coefficient (Wildman–Crippen LogP) is 12.1. The molecule has 0 bridgehead atoms. The molecule has 0 fully saturated rings. The van der Waals surface area contributed by atoms with Crippen LogP contribution < -0.4 is 0 Å². The molecule has 0 radical (unpaired) electrons. The Labute approximate surface area is 276 Å². The first-order valence-electron chi connectivity index (χ1n) is 16.7. The third-order valence-electron chi connectivity index (χ3n) is 10.9. The quantitative estimate of drug-likeness (QED) is 0.190. The summed E-state index contributed by atoms with van der Waals surface area (Å²) in [6, 6.07) is 52.9. The number of aromatic nitrogens is 2. The fourth-order valence-electron chi connectivity index (χ4n) is 8.83. The summed E-state index contributed by atoms with van der Waals surface area (Å²) in [5, 5.41) is 7.18. The fraction of sp³-hybridized carbons (Fsp3) is 0.0667. The average Bonchev–Trinajstić information content (AvgIpc) is 3.84. The molecule has 0 unspecified atom stereocenters. The van der Waals surface area contributed by atoms with Crippen molar-refractivity contribution < 1.29 is 4.42 Å². The lowest BCUT2D eigenvalue weighted by molar-refractivity contribution is 0.660. The summed E-state index contributed by atoms with van der Waals surface area (Å²) >= 11 is 0. The summed E-state index contributed by atoms with van der Waals surface area (Å²) < 4.78 is 11.8. The summed E-state index contributed by atoms with van der Waals surface area (Å²) in [7, 11) is 0. The highest BCUT2D eigenvalue weighted by Crippen LogP contribution is 2.52. The Morgan fingerprint density at radius 3 is 1.85 bits per heavy atom. The molecule has 3 aromatic heterocycles. The standard InChI is InChI=1S/C45H30N2O/c1-45(2)34-20-10-6-16-29(34)30-25-24-28(26-35(30)45)47-36-21-11-7-17-31(36)39-40-33-19-9-13-23-38(33)48-44(40)43-41(42(39)47)32-18-8-12-22-37(32)46(43)27-14-4-3-5-15-27/h3-26H,1-2H3. The van der Waals surface area contributed by atoms with Gasteiger partial charge in [-0.1, -0.05) is 117 Å². The van der Waals surface area contributed by atoms with E-state index in [0.29, 0.717) is 0 Å². The minimum Gasteiger partial charge on any atom is -0.454 e. The van der Waals surface area contributed by atoms with Crippen LogP contribution in [-0.2, 0) is 5.41 Å². The van der Waals surface area contributed by atoms with Gasteiger partial charge in [0.25, 0.3) is 0 Å². The number of hydrogen-bond donors (Lipinski definition) is 0. The van der Waals surface area contributed by atoms with Crippen LogP contribution in [0.4, 0.5) is 0 Å². The number of rotatable bonds is 2. The molecule has 0 atom stereocenters. The zero-order chi connectivity index (χ0) is 31.7. The minimum atomic E-state index is -0.104. The van der Waals surface area contributed by atoms with Gasteiger partial charge in [-0.05, 0) is 64.7 Å². The maximum atomic E-state index is 6.92. The lowest BCUT2D eigenvalue weighted by atomic mass is 9.82. The van der Waals surface area contributed by atoms with Crippen molar-refractivity contribution in [1.82, 2.24) is 9.13 Å². The molecule has 226 valence electrons. The summed E-state index contributed by atoms with van der Waals surface area (Å²) in [4.78, 5) is 0. The molecule has 7 aromatic carbocycles. The normalized spacial score (nSPS) is 13.8. The second-order valence-corrected chi connectivity index (χ2v) is 13.7. The Morgan fingerprint density at radius 2 is 1.06 bits per heavy atom. The first-order chi connectivity index (χ1) is 23.6. The monoisotopic (exact) mass is 614 g/mol. The molecule has 48 heavy (non-hydrogen) atoms. The molecule has 0 aliphatic heterocycles. The third kappa shape index (κ3) is 3.14. The molecule has 3 heteroatoms. The number of hydrogen-bond acceptors (Lipinski definition) is 1. The number of benzene rings is 7. The zero-order valence-electron chi connectivity index (χ0n) is 26.7. The average molecular weight is 615 g/mol. The van der Waals surface area contributed by atoms with Gasteiger partial charge < -0.3 is 13.6 Å². The second-order valence-electron chi connectivity index (χ2n) is 13.7. The fourth-order valence-corrected chi connectivity index (χ4v) is 8.83. The van der Waals surface area contributed by atoms with E-state index >= 15 is 0 Å². The second kappa shape index (κ2) is 9.05. The Bertz CT molecular complexity index is 2970. The van der Waals surface area contributed by atoms with Gasteiger partial charge in [0.1, 0.15) is 5.58 Å². The number of fused-ring (bicyclic) bond motifs is 15. The van der Waals surface area contributed by atoms with Crippen LogP contribution in [0.25, 0.3) is 88.1 Å². The van der Waals surface area contributed by atoms with Crippen LogP contribution in [0, 0.1) is 0 Å². The zero-order valence-corrected chi connectivity index (χ0v) is 26.7. The highest BCUT2D eigenvalue weighted by Gasteiger charge is 2.36. The molecule has 0 amide bonds. The van der Waals surface area contributed by atoms with Crippen molar-refractivity contribution in [3.63, 3.8) is 0 Å². The van der Waals surface area contributed by atoms with Crippen LogP contribution in [-0.4, -0.2) is 9.13 Å². The summed E-state index contributed by atoms with van der Waals surface area (Å²) in [5.74, 6) is 0. The van der Waals surface area contributed by atoms with E-state index in [-0.39, 0.29) is 5.41 Å². The van der Waals surface area contributed by atoms with E-state index in [0.717, 1.165) is 38.7 Å². The van der Waals surface area contributed by atoms with Gasteiger partial charge in [-0.3, -0.25) is 0 Å². The van der Waals surface area contributed by atoms with Gasteiger partial charge in [-0.2, -0.15) is 0 Å². The first kappa shape index (κ1) is 26.1. The van der Waals surface area contributed by atoms with Crippen molar-refractivity contribution in [2.24, 2.45) is 0 Å². The smallest absolute Gasteiger partial charge is 0.160 e. The summed E-state index contributed by atoms with van der Waals surface area (Å²) in [5.41, 5.74) is 14.1. The van der Waals surface area contributed by atoms with Gasteiger partial charge in [-0.15, -0.1) is 0 Å². The molecule has 0 spiro atoms. The molecule has 0 saturated heterocycles. The van der Waals surface area contributed by atoms with Gasteiger partial charge in [0.15, 0.2) is 5.58 Å². The molecule has 3 heterocycles. The van der Waals surface area contributed by atoms with E-state index in [1.807, 2.05) is 0 Å².